The molecule has 0 saturated carbocycles. The second-order valence-electron chi connectivity index (χ2n) is 7.44. The van der Waals surface area contributed by atoms with Crippen LogP contribution in [-0.2, 0) is 4.79 Å². The number of nitrogens with zero attached hydrogens (tertiary/aromatic N) is 2. The summed E-state index contributed by atoms with van der Waals surface area (Å²) in [6.45, 7) is 1.38. The van der Waals surface area contributed by atoms with E-state index in [9.17, 15) is 4.79 Å². The number of aromatic nitrogens is 1. The van der Waals surface area contributed by atoms with Gasteiger partial charge in [-0.2, -0.15) is 0 Å². The van der Waals surface area contributed by atoms with Gasteiger partial charge in [-0.25, -0.2) is 0 Å². The van der Waals surface area contributed by atoms with E-state index < -0.39 is 0 Å². The van der Waals surface area contributed by atoms with Gasteiger partial charge in [0.2, 0.25) is 5.91 Å². The minimum absolute atomic E-state index is 0.121. The first-order valence-corrected chi connectivity index (χ1v) is 10.0. The summed E-state index contributed by atoms with van der Waals surface area (Å²) in [6, 6.07) is 19.4. The second-order valence-corrected chi connectivity index (χ2v) is 7.44. The van der Waals surface area contributed by atoms with E-state index in [1.54, 1.807) is 12.4 Å². The van der Waals surface area contributed by atoms with Crippen molar-refractivity contribution in [2.24, 2.45) is 0 Å². The molecule has 2 aliphatic rings. The summed E-state index contributed by atoms with van der Waals surface area (Å²) in [5, 5.41) is 0. The molecule has 5 rings (SSSR count). The highest BCUT2D eigenvalue weighted by atomic mass is 16.5. The van der Waals surface area contributed by atoms with E-state index in [0.29, 0.717) is 13.1 Å². The molecule has 0 N–H and O–H groups in total. The fourth-order valence-corrected chi connectivity index (χ4v) is 4.16. The highest BCUT2D eigenvalue weighted by molar-refractivity contribution is 5.89. The van der Waals surface area contributed by atoms with Gasteiger partial charge in [-0.05, 0) is 24.3 Å². The van der Waals surface area contributed by atoms with Crippen molar-refractivity contribution in [3.63, 3.8) is 0 Å². The number of amides is 1. The van der Waals surface area contributed by atoms with Gasteiger partial charge in [0.05, 0.1) is 5.92 Å². The number of carbonyl (C=O) groups is 1. The lowest BCUT2D eigenvalue weighted by Crippen LogP contribution is -2.44. The summed E-state index contributed by atoms with van der Waals surface area (Å²) in [4.78, 5) is 19.6. The minimum atomic E-state index is -0.325. The van der Waals surface area contributed by atoms with Gasteiger partial charge in [0.1, 0.15) is 23.4 Å². The molecule has 2 aliphatic heterocycles. The maximum Gasteiger partial charge on any atom is 0.234 e. The highest BCUT2D eigenvalue weighted by Gasteiger charge is 2.36. The molecule has 1 aromatic heterocycles. The third kappa shape index (κ3) is 3.44. The zero-order chi connectivity index (χ0) is 19.6. The summed E-state index contributed by atoms with van der Waals surface area (Å²) in [6.07, 6.45) is 5.22. The van der Waals surface area contributed by atoms with Crippen LogP contribution in [-0.4, -0.2) is 35.0 Å². The van der Waals surface area contributed by atoms with E-state index >= 15 is 0 Å². The summed E-state index contributed by atoms with van der Waals surface area (Å²) >= 11 is 0. The molecule has 0 spiro atoms. The van der Waals surface area contributed by atoms with Crippen LogP contribution >= 0.6 is 0 Å². The van der Waals surface area contributed by atoms with Crippen LogP contribution in [0.1, 0.15) is 29.9 Å². The van der Waals surface area contributed by atoms with E-state index in [1.165, 1.54) is 0 Å². The lowest BCUT2D eigenvalue weighted by Gasteiger charge is -2.36. The van der Waals surface area contributed by atoms with E-state index in [1.807, 2.05) is 65.6 Å². The van der Waals surface area contributed by atoms with Gasteiger partial charge >= 0.3 is 0 Å². The average molecular weight is 386 g/mol. The Kier molecular flexibility index (Phi) is 4.64. The molecule has 1 fully saturated rings. The number of likely N-dealkylation sites (tertiary alicyclic amines) is 1. The third-order valence-electron chi connectivity index (χ3n) is 5.63. The van der Waals surface area contributed by atoms with Crippen molar-refractivity contribution in [2.75, 3.05) is 13.1 Å². The zero-order valence-electron chi connectivity index (χ0n) is 16.0. The largest absolute Gasteiger partial charge is 0.490 e. The number of pyridine rings is 1. The maximum atomic E-state index is 13.6. The van der Waals surface area contributed by atoms with Crippen LogP contribution in [0.4, 0.5) is 0 Å². The molecule has 29 heavy (non-hydrogen) atoms. The quantitative estimate of drug-likeness (QED) is 0.670. The summed E-state index contributed by atoms with van der Waals surface area (Å²) in [5.74, 6) is 2.17. The number of carbonyl (C=O) groups excluding carboxylic acids is 1. The van der Waals surface area contributed by atoms with E-state index in [0.717, 1.165) is 41.2 Å². The Bertz CT molecular complexity index is 968. The topological polar surface area (TPSA) is 51.7 Å². The number of fused-ring (bicyclic) bond motifs is 2. The molecule has 5 heteroatoms. The number of piperidine rings is 1. The minimum Gasteiger partial charge on any atom is -0.490 e. The van der Waals surface area contributed by atoms with Crippen molar-refractivity contribution in [3.8, 4) is 17.2 Å². The molecule has 0 bridgehead atoms. The first kappa shape index (κ1) is 17.7. The number of hydrogen-bond acceptors (Lipinski definition) is 4. The van der Waals surface area contributed by atoms with Crippen LogP contribution in [0.3, 0.4) is 0 Å². The smallest absolute Gasteiger partial charge is 0.234 e. The SMILES string of the molecule is O=C(C1c2ccccc2Oc2ccccc21)N1CCC(Oc2ccncc2)CC1. The van der Waals surface area contributed by atoms with E-state index in [4.69, 9.17) is 9.47 Å². The van der Waals surface area contributed by atoms with Gasteiger partial charge < -0.3 is 14.4 Å². The fourth-order valence-electron chi connectivity index (χ4n) is 4.16. The molecule has 3 aromatic rings. The van der Waals surface area contributed by atoms with Crippen molar-refractivity contribution in [2.45, 2.75) is 24.9 Å². The Morgan fingerprint density at radius 2 is 1.48 bits per heavy atom. The third-order valence-corrected chi connectivity index (χ3v) is 5.63. The van der Waals surface area contributed by atoms with Crippen LogP contribution in [0.15, 0.2) is 73.1 Å². The van der Waals surface area contributed by atoms with Crippen LogP contribution in [0.5, 0.6) is 17.2 Å². The molecule has 0 atom stereocenters. The van der Waals surface area contributed by atoms with Gasteiger partial charge in [-0.15, -0.1) is 0 Å². The van der Waals surface area contributed by atoms with Gasteiger partial charge in [0.25, 0.3) is 0 Å². The van der Waals surface area contributed by atoms with Gasteiger partial charge in [0.15, 0.2) is 0 Å². The number of para-hydroxylation sites is 2. The first-order chi connectivity index (χ1) is 14.3. The first-order valence-electron chi connectivity index (χ1n) is 10.0. The van der Waals surface area contributed by atoms with Crippen molar-refractivity contribution in [1.29, 1.82) is 0 Å². The van der Waals surface area contributed by atoms with Gasteiger partial charge in [-0.1, -0.05) is 36.4 Å². The Labute approximate surface area is 169 Å². The van der Waals surface area contributed by atoms with Crippen LogP contribution in [0.25, 0.3) is 0 Å². The molecule has 0 unspecified atom stereocenters. The van der Waals surface area contributed by atoms with Crippen molar-refractivity contribution < 1.29 is 14.3 Å². The Balaban J connectivity index is 1.34. The normalized spacial score (nSPS) is 16.5. The molecule has 1 saturated heterocycles. The number of rotatable bonds is 3. The number of hydrogen-bond donors (Lipinski definition) is 0. The molecule has 2 aromatic carbocycles. The predicted octanol–water partition coefficient (Wildman–Crippen LogP) is 4.39. The molecular weight excluding hydrogens is 364 g/mol. The monoisotopic (exact) mass is 386 g/mol. The fraction of sp³-hybridized carbons (Fsp3) is 0.250. The van der Waals surface area contributed by atoms with E-state index in [2.05, 4.69) is 4.98 Å². The second kappa shape index (κ2) is 7.59. The molecular formula is C24H22N2O3. The Hall–Kier alpha value is -3.34. The zero-order valence-corrected chi connectivity index (χ0v) is 16.0. The Morgan fingerprint density at radius 3 is 2.10 bits per heavy atom. The number of benzene rings is 2. The molecule has 0 aliphatic carbocycles. The van der Waals surface area contributed by atoms with Crippen molar-refractivity contribution in [3.05, 3.63) is 84.2 Å². The van der Waals surface area contributed by atoms with Gasteiger partial charge in [0, 0.05) is 49.5 Å². The van der Waals surface area contributed by atoms with Gasteiger partial charge in [-0.3, -0.25) is 9.78 Å². The maximum absolute atomic E-state index is 13.6. The van der Waals surface area contributed by atoms with E-state index in [-0.39, 0.29) is 17.9 Å². The van der Waals surface area contributed by atoms with Crippen molar-refractivity contribution in [1.82, 2.24) is 9.88 Å². The Morgan fingerprint density at radius 1 is 0.897 bits per heavy atom. The summed E-state index contributed by atoms with van der Waals surface area (Å²) in [7, 11) is 0. The lowest BCUT2D eigenvalue weighted by molar-refractivity contribution is -0.133. The molecule has 146 valence electrons. The molecule has 3 heterocycles. The van der Waals surface area contributed by atoms with Crippen molar-refractivity contribution >= 4 is 5.91 Å². The number of ether oxygens (including phenoxy) is 2. The molecule has 1 amide bonds. The molecule has 5 nitrogen and oxygen atoms in total. The lowest BCUT2D eigenvalue weighted by atomic mass is 9.86. The van der Waals surface area contributed by atoms with Crippen LogP contribution in [0, 0.1) is 0 Å². The predicted molar refractivity (Wildman–Crippen MR) is 109 cm³/mol. The summed E-state index contributed by atoms with van der Waals surface area (Å²) < 4.78 is 12.1. The highest BCUT2D eigenvalue weighted by Crippen LogP contribution is 2.44. The summed E-state index contributed by atoms with van der Waals surface area (Å²) in [5.41, 5.74) is 1.87. The standard InChI is InChI=1S/C24H22N2O3/c27-24(26-15-11-18(12-16-26)28-17-9-13-25-14-10-17)23-19-5-1-3-7-21(19)29-22-8-4-2-6-20(22)23/h1-10,13-14,18,23H,11-12,15-16H2. The van der Waals surface area contributed by atoms with Crippen LogP contribution < -0.4 is 9.47 Å². The average Bonchev–Trinajstić information content (AvgIpc) is 2.78. The van der Waals surface area contributed by atoms with Crippen LogP contribution in [0.2, 0.25) is 0 Å². The molecule has 0 radical (unpaired) electrons.